The lowest BCUT2D eigenvalue weighted by molar-refractivity contribution is -0.671. The van der Waals surface area contributed by atoms with E-state index in [0.29, 0.717) is 15.8 Å². The summed E-state index contributed by atoms with van der Waals surface area (Å²) in [6.45, 7) is 8.86. The zero-order chi connectivity index (χ0) is 19.4. The average molecular weight is 404 g/mol. The maximum Gasteiger partial charge on any atom is 0.243 e. The number of rotatable bonds is 7. The van der Waals surface area contributed by atoms with Gasteiger partial charge in [0.15, 0.2) is 0 Å². The van der Waals surface area contributed by atoms with Gasteiger partial charge < -0.3 is 4.90 Å². The molecule has 0 fully saturated rings. The number of likely N-dealkylation sites (N-methyl/N-ethyl adjacent to an activating group) is 1. The van der Waals surface area contributed by atoms with Crippen LogP contribution in [0, 0.1) is 13.8 Å². The molecule has 0 saturated carbocycles. The van der Waals surface area contributed by atoms with E-state index in [1.165, 1.54) is 11.3 Å². The van der Waals surface area contributed by atoms with Crippen molar-refractivity contribution < 1.29 is 4.57 Å². The van der Waals surface area contributed by atoms with Gasteiger partial charge >= 0.3 is 0 Å². The molecule has 27 heavy (non-hydrogen) atoms. The zero-order valence-corrected chi connectivity index (χ0v) is 17.6. The summed E-state index contributed by atoms with van der Waals surface area (Å²) < 4.78 is 4.21. The quantitative estimate of drug-likeness (QED) is 0.412. The third kappa shape index (κ3) is 4.93. The van der Waals surface area contributed by atoms with Crippen molar-refractivity contribution in [2.45, 2.75) is 27.3 Å². The van der Waals surface area contributed by atoms with E-state index in [9.17, 15) is 0 Å². The van der Waals surface area contributed by atoms with Crippen LogP contribution in [0.4, 0.5) is 16.5 Å². The fourth-order valence-electron chi connectivity index (χ4n) is 2.71. The normalized spacial score (nSPS) is 11.4. The Bertz CT molecular complexity index is 926. The van der Waals surface area contributed by atoms with Crippen molar-refractivity contribution in [3.63, 3.8) is 0 Å². The van der Waals surface area contributed by atoms with Gasteiger partial charge in [-0.05, 0) is 39.0 Å². The molecule has 0 N–H and O–H groups in total. The van der Waals surface area contributed by atoms with Crippen LogP contribution in [0.3, 0.4) is 0 Å². The third-order valence-electron chi connectivity index (χ3n) is 4.39. The molecule has 6 nitrogen and oxygen atoms in total. The topological polar surface area (TPSA) is 49.7 Å². The first-order chi connectivity index (χ1) is 13.0. The fourth-order valence-corrected chi connectivity index (χ4v) is 3.65. The number of anilines is 1. The highest BCUT2D eigenvalue weighted by Gasteiger charge is 2.10. The van der Waals surface area contributed by atoms with Crippen molar-refractivity contribution in [1.29, 1.82) is 0 Å². The number of thiazole rings is 1. The molecule has 0 spiro atoms. The highest BCUT2D eigenvalue weighted by molar-refractivity contribution is 7.15. The van der Waals surface area contributed by atoms with Gasteiger partial charge in [0.1, 0.15) is 24.6 Å². The summed E-state index contributed by atoms with van der Waals surface area (Å²) in [5.74, 6) is 0. The Morgan fingerprint density at radius 2 is 2.11 bits per heavy atom. The van der Waals surface area contributed by atoms with Gasteiger partial charge in [0.2, 0.25) is 11.5 Å². The number of benzene rings is 1. The Balaban J connectivity index is 1.70. The molecule has 2 heterocycles. The highest BCUT2D eigenvalue weighted by atomic mass is 35.5. The van der Waals surface area contributed by atoms with Crippen LogP contribution >= 0.6 is 22.9 Å². The molecule has 3 rings (SSSR count). The lowest BCUT2D eigenvalue weighted by Gasteiger charge is -2.22. The first-order valence-corrected chi connectivity index (χ1v) is 10.1. The molecule has 142 valence electrons. The first kappa shape index (κ1) is 19.5. The summed E-state index contributed by atoms with van der Waals surface area (Å²) in [5, 5.41) is 9.73. The van der Waals surface area contributed by atoms with Gasteiger partial charge in [0, 0.05) is 17.1 Å². The number of halogens is 1. The minimum absolute atomic E-state index is 0.590. The van der Waals surface area contributed by atoms with Gasteiger partial charge in [-0.3, -0.25) is 0 Å². The molecule has 0 amide bonds. The van der Waals surface area contributed by atoms with Gasteiger partial charge in [0.05, 0.1) is 24.3 Å². The Morgan fingerprint density at radius 1 is 1.30 bits per heavy atom. The number of imidazole rings is 1. The van der Waals surface area contributed by atoms with Gasteiger partial charge in [-0.25, -0.2) is 14.1 Å². The molecular formula is C19H24ClN6S+. The summed E-state index contributed by atoms with van der Waals surface area (Å²) >= 11 is 7.98. The number of azo groups is 1. The van der Waals surface area contributed by atoms with Crippen LogP contribution in [-0.2, 0) is 13.6 Å². The number of nitrogens with zero attached hydrogens (tertiary/aromatic N) is 6. The second-order valence-electron chi connectivity index (χ2n) is 6.37. The zero-order valence-electron chi connectivity index (χ0n) is 16.1. The molecule has 8 heteroatoms. The Hall–Kier alpha value is -2.25. The molecule has 0 atom stereocenters. The van der Waals surface area contributed by atoms with Gasteiger partial charge in [-0.1, -0.05) is 22.9 Å². The van der Waals surface area contributed by atoms with Crippen LogP contribution in [0.15, 0.2) is 47.1 Å². The summed E-state index contributed by atoms with van der Waals surface area (Å²) in [6, 6.07) is 5.90. The Morgan fingerprint density at radius 3 is 2.70 bits per heavy atom. The van der Waals surface area contributed by atoms with Crippen molar-refractivity contribution in [2.24, 2.45) is 17.3 Å². The van der Waals surface area contributed by atoms with Crippen LogP contribution in [-0.4, -0.2) is 22.6 Å². The molecule has 1 aromatic carbocycles. The fraction of sp³-hybridized carbons (Fsp3) is 0.368. The van der Waals surface area contributed by atoms with Crippen LogP contribution < -0.4 is 9.47 Å². The van der Waals surface area contributed by atoms with E-state index in [4.69, 9.17) is 11.6 Å². The Labute approximate surface area is 168 Å². The molecule has 0 saturated heterocycles. The van der Waals surface area contributed by atoms with Gasteiger partial charge in [-0.15, -0.1) is 10.2 Å². The predicted molar refractivity (Wildman–Crippen MR) is 111 cm³/mol. The van der Waals surface area contributed by atoms with E-state index in [0.717, 1.165) is 35.9 Å². The van der Waals surface area contributed by atoms with E-state index >= 15 is 0 Å². The summed E-state index contributed by atoms with van der Waals surface area (Å²) in [5.41, 5.74) is 2.73. The van der Waals surface area contributed by atoms with Gasteiger partial charge in [-0.2, -0.15) is 0 Å². The smallest absolute Gasteiger partial charge is 0.243 e. The number of hydrogen-bond donors (Lipinski definition) is 0. The molecule has 0 aliphatic carbocycles. The predicted octanol–water partition coefficient (Wildman–Crippen LogP) is 4.98. The molecule has 0 bridgehead atoms. The van der Waals surface area contributed by atoms with E-state index in [-0.39, 0.29) is 0 Å². The SMILES string of the molecule is CCN(CCn1cc[n+](C)c1)c1ccc(N=Nc2nc(C)c(C)s2)c(Cl)c1. The molecular weight excluding hydrogens is 380 g/mol. The molecule has 2 aromatic heterocycles. The summed E-state index contributed by atoms with van der Waals surface area (Å²) in [4.78, 5) is 7.82. The van der Waals surface area contributed by atoms with Gasteiger partial charge in [0.25, 0.3) is 0 Å². The second-order valence-corrected chi connectivity index (χ2v) is 7.96. The minimum atomic E-state index is 0.590. The maximum absolute atomic E-state index is 6.45. The largest absolute Gasteiger partial charge is 0.368 e. The van der Waals surface area contributed by atoms with Crippen molar-refractivity contribution in [1.82, 2.24) is 9.55 Å². The standard InChI is InChI=1S/C19H24ClN6S/c1-5-26(11-10-25-9-8-24(4)13-25)16-6-7-18(17(20)12-16)22-23-19-21-14(2)15(3)27-19/h6-9,12-13H,5,10-11H2,1-4H3/q+1. The van der Waals surface area contributed by atoms with Crippen LogP contribution in [0.5, 0.6) is 0 Å². The number of aromatic nitrogens is 3. The number of aryl methyl sites for hydroxylation is 3. The first-order valence-electron chi connectivity index (χ1n) is 8.87. The lowest BCUT2D eigenvalue weighted by atomic mass is 10.2. The monoisotopic (exact) mass is 403 g/mol. The summed E-state index contributed by atoms with van der Waals surface area (Å²) in [7, 11) is 2.02. The minimum Gasteiger partial charge on any atom is -0.368 e. The van der Waals surface area contributed by atoms with Crippen molar-refractivity contribution in [3.05, 3.63) is 52.5 Å². The maximum atomic E-state index is 6.45. The molecule has 0 aliphatic rings. The second kappa shape index (κ2) is 8.63. The molecule has 0 aliphatic heterocycles. The third-order valence-corrected chi connectivity index (χ3v) is 5.65. The van der Waals surface area contributed by atoms with Crippen molar-refractivity contribution in [2.75, 3.05) is 18.0 Å². The molecule has 3 aromatic rings. The average Bonchev–Trinajstić information content (AvgIpc) is 3.20. The molecule has 0 unspecified atom stereocenters. The lowest BCUT2D eigenvalue weighted by Crippen LogP contribution is -2.28. The van der Waals surface area contributed by atoms with Crippen molar-refractivity contribution in [3.8, 4) is 0 Å². The van der Waals surface area contributed by atoms with E-state index in [1.54, 1.807) is 0 Å². The van der Waals surface area contributed by atoms with E-state index < -0.39 is 0 Å². The Kier molecular flexibility index (Phi) is 6.23. The van der Waals surface area contributed by atoms with E-state index in [1.807, 2.05) is 49.9 Å². The summed E-state index contributed by atoms with van der Waals surface area (Å²) in [6.07, 6.45) is 6.19. The van der Waals surface area contributed by atoms with Crippen LogP contribution in [0.25, 0.3) is 0 Å². The number of hydrogen-bond acceptors (Lipinski definition) is 5. The highest BCUT2D eigenvalue weighted by Crippen LogP contribution is 2.32. The van der Waals surface area contributed by atoms with E-state index in [2.05, 4.69) is 44.1 Å². The van der Waals surface area contributed by atoms with Crippen molar-refractivity contribution >= 4 is 39.4 Å². The van der Waals surface area contributed by atoms with Crippen LogP contribution in [0.1, 0.15) is 17.5 Å². The van der Waals surface area contributed by atoms with Crippen LogP contribution in [0.2, 0.25) is 5.02 Å². The molecule has 0 radical (unpaired) electrons.